The summed E-state index contributed by atoms with van der Waals surface area (Å²) in [6.07, 6.45) is 61.4. The molecule has 0 aliphatic carbocycles. The van der Waals surface area contributed by atoms with E-state index in [2.05, 4.69) is 141 Å². The van der Waals surface area contributed by atoms with Gasteiger partial charge in [0, 0.05) is 6.42 Å². The number of allylic oxidation sites excluding steroid dienone is 21. The summed E-state index contributed by atoms with van der Waals surface area (Å²) in [5.41, 5.74) is 0. The van der Waals surface area contributed by atoms with Gasteiger partial charge in [0.05, 0.1) is 38.6 Å². The van der Waals surface area contributed by atoms with Crippen molar-refractivity contribution < 1.29 is 89.4 Å². The van der Waals surface area contributed by atoms with E-state index in [1.807, 2.05) is 6.08 Å². The van der Waals surface area contributed by atoms with Gasteiger partial charge in [-0.2, -0.15) is 0 Å². The van der Waals surface area contributed by atoms with Crippen LogP contribution in [0.25, 0.3) is 0 Å². The van der Waals surface area contributed by atoms with Gasteiger partial charge in [-0.25, -0.2) is 0 Å². The number of amides is 1. The Bertz CT molecular complexity index is 2370. The lowest BCUT2D eigenvalue weighted by Gasteiger charge is -2.48. The topological polar surface area (TPSA) is 307 Å². The zero-order chi connectivity index (χ0) is 73.9. The van der Waals surface area contributed by atoms with Crippen molar-refractivity contribution in [2.75, 3.05) is 26.4 Å². The van der Waals surface area contributed by atoms with E-state index in [9.17, 15) is 61.0 Å². The first-order valence-electron chi connectivity index (χ1n) is 39.4. The third-order valence-corrected chi connectivity index (χ3v) is 18.7. The van der Waals surface area contributed by atoms with E-state index in [0.717, 1.165) is 103 Å². The van der Waals surface area contributed by atoms with Crippen LogP contribution in [0.2, 0.25) is 0 Å². The maximum atomic E-state index is 13.5. The fourth-order valence-electron chi connectivity index (χ4n) is 12.4. The normalized spacial score (nSPS) is 26.9. The fourth-order valence-corrected chi connectivity index (χ4v) is 12.4. The Kier molecular flexibility index (Phi) is 56.0. The van der Waals surface area contributed by atoms with Gasteiger partial charge in [-0.15, -0.1) is 0 Å². The number of carbonyl (C=O) groups excluding carboxylic acids is 1. The number of ether oxygens (including phenoxy) is 6. The number of nitrogens with one attached hydrogen (secondary N) is 1. The van der Waals surface area contributed by atoms with Gasteiger partial charge in [-0.05, 0) is 109 Å². The summed E-state index contributed by atoms with van der Waals surface area (Å²) < 4.78 is 34.4. The predicted octanol–water partition coefficient (Wildman–Crippen LogP) is 12.9. The largest absolute Gasteiger partial charge is 0.394 e. The average molecular weight is 1440 g/mol. The summed E-state index contributed by atoms with van der Waals surface area (Å²) in [5.74, 6) is -0.318. The molecule has 0 bridgehead atoms. The van der Waals surface area contributed by atoms with Gasteiger partial charge in [0.1, 0.15) is 73.2 Å². The Labute approximate surface area is 613 Å². The summed E-state index contributed by atoms with van der Waals surface area (Å²) in [7, 11) is 0. The molecule has 3 heterocycles. The molecule has 0 radical (unpaired) electrons. The molecule has 0 saturated carbocycles. The van der Waals surface area contributed by atoms with Gasteiger partial charge < -0.3 is 89.9 Å². The van der Waals surface area contributed by atoms with Crippen molar-refractivity contribution in [2.45, 2.75) is 356 Å². The van der Waals surface area contributed by atoms with Gasteiger partial charge in [0.25, 0.3) is 0 Å². The van der Waals surface area contributed by atoms with E-state index in [0.29, 0.717) is 12.8 Å². The number of hydrogen-bond donors (Lipinski definition) is 12. The van der Waals surface area contributed by atoms with E-state index in [1.54, 1.807) is 6.08 Å². The monoisotopic (exact) mass is 1440 g/mol. The van der Waals surface area contributed by atoms with Gasteiger partial charge in [0.2, 0.25) is 5.91 Å². The molecule has 1 amide bonds. The molecule has 3 saturated heterocycles. The van der Waals surface area contributed by atoms with Crippen LogP contribution in [0.4, 0.5) is 0 Å². The van der Waals surface area contributed by atoms with Crippen LogP contribution in [-0.2, 0) is 33.2 Å². The average Bonchev–Trinajstić information content (AvgIpc) is 0.766. The lowest BCUT2D eigenvalue weighted by atomic mass is 9.96. The Morgan fingerprint density at radius 3 is 1.10 bits per heavy atom. The zero-order valence-electron chi connectivity index (χ0n) is 62.3. The first kappa shape index (κ1) is 92.1. The van der Waals surface area contributed by atoms with E-state index in [1.165, 1.54) is 116 Å². The molecule has 12 N–H and O–H groups in total. The van der Waals surface area contributed by atoms with Crippen LogP contribution in [0.15, 0.2) is 134 Å². The number of unbranched alkanes of at least 4 members (excludes halogenated alkanes) is 24. The summed E-state index contributed by atoms with van der Waals surface area (Å²) >= 11 is 0. The van der Waals surface area contributed by atoms with Crippen LogP contribution in [0.3, 0.4) is 0 Å². The fraction of sp³-hybridized carbons (Fsp3) is 0.723. The van der Waals surface area contributed by atoms with E-state index < -0.39 is 131 Å². The van der Waals surface area contributed by atoms with E-state index in [-0.39, 0.29) is 12.3 Å². The molecule has 102 heavy (non-hydrogen) atoms. The van der Waals surface area contributed by atoms with Gasteiger partial charge in [-0.3, -0.25) is 4.79 Å². The summed E-state index contributed by atoms with van der Waals surface area (Å²) in [4.78, 5) is 13.5. The SMILES string of the molecule is CC/C=C\C/C=C\C/C=C\C/C=C\C/C=C\C/C=C\C/C=C\C/C=C\CCCCCCC(=O)NC(COC1OC(CO)C(OC2OC(CO)C(OC3OC(CO)C(O)C(O)C3O)C(O)C2O)C(O)C1O)C(O)/C=C/CC/C=C/CC/C=C/CCCCCCCCCCCCCCCCCCCC. The van der Waals surface area contributed by atoms with Crippen molar-refractivity contribution >= 4 is 5.91 Å². The first-order valence-corrected chi connectivity index (χ1v) is 39.4. The molecule has 3 fully saturated rings. The number of aliphatic hydroxyl groups excluding tert-OH is 11. The van der Waals surface area contributed by atoms with Crippen LogP contribution in [0.1, 0.15) is 251 Å². The maximum Gasteiger partial charge on any atom is 0.220 e. The lowest BCUT2D eigenvalue weighted by molar-refractivity contribution is -0.379. The highest BCUT2D eigenvalue weighted by atomic mass is 16.8. The molecular weight excluding hydrogens is 1300 g/mol. The second-order valence-corrected chi connectivity index (χ2v) is 27.4. The molecule has 19 heteroatoms. The van der Waals surface area contributed by atoms with Crippen LogP contribution in [-0.4, -0.2) is 193 Å². The van der Waals surface area contributed by atoms with Crippen molar-refractivity contribution in [1.82, 2.24) is 5.32 Å². The van der Waals surface area contributed by atoms with Crippen molar-refractivity contribution in [1.29, 1.82) is 0 Å². The number of hydrogen-bond acceptors (Lipinski definition) is 18. The van der Waals surface area contributed by atoms with Crippen molar-refractivity contribution in [3.63, 3.8) is 0 Å². The molecule has 3 aliphatic rings. The molecular formula is C83H139NO18. The van der Waals surface area contributed by atoms with Crippen LogP contribution < -0.4 is 5.32 Å². The Morgan fingerprint density at radius 2 is 0.686 bits per heavy atom. The number of carbonyl (C=O) groups is 1. The van der Waals surface area contributed by atoms with Crippen LogP contribution in [0.5, 0.6) is 0 Å². The minimum Gasteiger partial charge on any atom is -0.394 e. The third-order valence-electron chi connectivity index (χ3n) is 18.7. The van der Waals surface area contributed by atoms with Crippen LogP contribution >= 0.6 is 0 Å². The summed E-state index contributed by atoms with van der Waals surface area (Å²) in [5, 5.41) is 121. The maximum absolute atomic E-state index is 13.5. The predicted molar refractivity (Wildman–Crippen MR) is 406 cm³/mol. The summed E-state index contributed by atoms with van der Waals surface area (Å²) in [6, 6.07) is -1.02. The highest BCUT2D eigenvalue weighted by molar-refractivity contribution is 5.76. The van der Waals surface area contributed by atoms with Crippen molar-refractivity contribution in [2.24, 2.45) is 0 Å². The Balaban J connectivity index is 1.43. The molecule has 19 nitrogen and oxygen atoms in total. The van der Waals surface area contributed by atoms with E-state index >= 15 is 0 Å². The quantitative estimate of drug-likeness (QED) is 0.0199. The van der Waals surface area contributed by atoms with Crippen molar-refractivity contribution in [3.8, 4) is 0 Å². The summed E-state index contributed by atoms with van der Waals surface area (Å²) in [6.45, 7) is 1.58. The Morgan fingerprint density at radius 1 is 0.363 bits per heavy atom. The molecule has 17 atom stereocenters. The first-order chi connectivity index (χ1) is 49.8. The molecule has 17 unspecified atom stereocenters. The molecule has 584 valence electrons. The minimum absolute atomic E-state index is 0.193. The highest BCUT2D eigenvalue weighted by Crippen LogP contribution is 2.33. The van der Waals surface area contributed by atoms with Gasteiger partial charge >= 0.3 is 0 Å². The minimum atomic E-state index is -1.99. The molecule has 3 aliphatic heterocycles. The number of aliphatic hydroxyl groups is 11. The highest BCUT2D eigenvalue weighted by Gasteiger charge is 2.53. The van der Waals surface area contributed by atoms with Gasteiger partial charge in [0.15, 0.2) is 18.9 Å². The third kappa shape index (κ3) is 41.7. The van der Waals surface area contributed by atoms with Crippen molar-refractivity contribution in [3.05, 3.63) is 134 Å². The Hall–Kier alpha value is -4.07. The van der Waals surface area contributed by atoms with Crippen LogP contribution in [0, 0.1) is 0 Å². The zero-order valence-corrected chi connectivity index (χ0v) is 62.3. The van der Waals surface area contributed by atoms with E-state index in [4.69, 9.17) is 28.4 Å². The standard InChI is InChI=1S/C83H139NO18/c1-3-5-7-9-11-13-15-17-19-21-23-25-27-29-31-33-35-37-39-41-43-45-47-49-51-53-55-57-59-61-71(89)84-66(67(88)60-58-56-54-52-50-48-46-44-42-40-38-36-34-32-30-28-26-24-22-20-18-16-14-12-10-8-6-4-2)65-97-81-77(95)74(92)79(69(63-86)99-81)102-83-78(96)75(93)80(70(64-87)100-83)101-82-76(94)73(91)72(90)68(62-85)98-82/h5,7,11,13,17,19,23,25,29,31,35,37,41-44,47,49-50,52,58,60,66-70,72-83,85-88,90-96H,3-4,6,8-10,12,14-16,18,20-22,24,26-28,30,32-34,36,38-40,45-46,48,51,53-57,59,61-65H2,1-2H3,(H,84,89)/b7-5-,13-11-,19-17-,25-23-,31-29-,37-35-,43-41-,44-42+,49-47-,52-50+,60-58+. The van der Waals surface area contributed by atoms with Gasteiger partial charge in [-0.1, -0.05) is 270 Å². The number of rotatable bonds is 60. The molecule has 0 spiro atoms. The smallest absolute Gasteiger partial charge is 0.220 e. The molecule has 3 rings (SSSR count). The second kappa shape index (κ2) is 62.0. The molecule has 0 aromatic carbocycles. The molecule has 0 aromatic heterocycles. The lowest BCUT2D eigenvalue weighted by Crippen LogP contribution is -2.66. The molecule has 0 aromatic rings. The second-order valence-electron chi connectivity index (χ2n) is 27.4.